The molecule has 0 bridgehead atoms. The molecule has 8 nitrogen and oxygen atoms in total. The van der Waals surface area contributed by atoms with Crippen molar-refractivity contribution in [2.75, 3.05) is 20.3 Å². The number of hydrogen-bond donors (Lipinski definition) is 3. The zero-order valence-electron chi connectivity index (χ0n) is 18.7. The van der Waals surface area contributed by atoms with Crippen molar-refractivity contribution in [3.63, 3.8) is 0 Å². The van der Waals surface area contributed by atoms with E-state index in [1.165, 1.54) is 17.9 Å². The van der Waals surface area contributed by atoms with E-state index in [-0.39, 0.29) is 23.6 Å². The molecule has 1 atom stereocenters. The van der Waals surface area contributed by atoms with Crippen LogP contribution in [0.15, 0.2) is 53.9 Å². The van der Waals surface area contributed by atoms with Crippen LogP contribution in [0.4, 0.5) is 0 Å². The van der Waals surface area contributed by atoms with E-state index in [1.807, 2.05) is 24.4 Å². The summed E-state index contributed by atoms with van der Waals surface area (Å²) in [4.78, 5) is 30.0. The van der Waals surface area contributed by atoms with Crippen molar-refractivity contribution < 1.29 is 29.3 Å². The highest BCUT2D eigenvalue weighted by Crippen LogP contribution is 2.40. The molecule has 3 N–H and O–H groups in total. The highest BCUT2D eigenvalue weighted by atomic mass is 16.5. The van der Waals surface area contributed by atoms with Gasteiger partial charge in [0.05, 0.1) is 25.3 Å². The number of rotatable bonds is 8. The second kappa shape index (κ2) is 8.90. The number of nitrogens with zero attached hydrogens (tertiary/aromatic N) is 1. The molecule has 3 aromatic rings. The first-order valence-corrected chi connectivity index (χ1v) is 10.7. The molecule has 4 rings (SSSR count). The Hall–Kier alpha value is -3.94. The van der Waals surface area contributed by atoms with Gasteiger partial charge in [-0.3, -0.25) is 9.59 Å². The van der Waals surface area contributed by atoms with Gasteiger partial charge >= 0.3 is 0 Å². The highest BCUT2D eigenvalue weighted by molar-refractivity contribution is 6.08. The molecule has 0 spiro atoms. The molecule has 8 heteroatoms. The average molecular weight is 450 g/mol. The van der Waals surface area contributed by atoms with Crippen molar-refractivity contribution >= 4 is 22.6 Å². The number of aliphatic hydroxyl groups is 1. The van der Waals surface area contributed by atoms with Crippen LogP contribution in [0.5, 0.6) is 17.2 Å². The summed E-state index contributed by atoms with van der Waals surface area (Å²) in [6, 6.07) is 9.62. The lowest BCUT2D eigenvalue weighted by atomic mass is 9.96. The fourth-order valence-electron chi connectivity index (χ4n) is 4.29. The molecule has 2 heterocycles. The van der Waals surface area contributed by atoms with Crippen LogP contribution < -0.4 is 9.47 Å². The molecule has 2 aromatic carbocycles. The zero-order chi connectivity index (χ0) is 23.7. The van der Waals surface area contributed by atoms with Gasteiger partial charge in [-0.1, -0.05) is 6.07 Å². The number of aromatic hydroxyl groups is 1. The number of ketones is 1. The minimum atomic E-state index is -0.783. The standard InChI is InChI=1S/C25H26N2O6/c1-4-33-21-11-15(5-8-20(21)29)23-22(14(2)28)24(30)25(31)27(23)10-9-16-13-26-19-7-6-17(32-3)12-18(16)19/h5-8,11-13,23,26,29-30H,4,9-10H2,1-3H3/t23-/m1/s1. The third kappa shape index (κ3) is 4.00. The van der Waals surface area contributed by atoms with Crippen LogP contribution in [0.1, 0.15) is 31.0 Å². The van der Waals surface area contributed by atoms with E-state index in [9.17, 15) is 19.8 Å². The summed E-state index contributed by atoms with van der Waals surface area (Å²) in [7, 11) is 1.60. The van der Waals surface area contributed by atoms with Crippen LogP contribution in [0, 0.1) is 0 Å². The maximum Gasteiger partial charge on any atom is 0.290 e. The summed E-state index contributed by atoms with van der Waals surface area (Å²) in [5, 5.41) is 21.6. The number of phenolic OH excluding ortho intramolecular Hbond substituents is 1. The van der Waals surface area contributed by atoms with Gasteiger partial charge in [0.15, 0.2) is 23.0 Å². The van der Waals surface area contributed by atoms with Crippen LogP contribution in [0.3, 0.4) is 0 Å². The molecule has 0 radical (unpaired) electrons. The SMILES string of the molecule is CCOc1cc([C@@H]2C(C(C)=O)=C(O)C(=O)N2CCc2c[nH]c3ccc(OC)cc23)ccc1O. The van der Waals surface area contributed by atoms with E-state index in [1.54, 1.807) is 26.2 Å². The number of hydrogen-bond acceptors (Lipinski definition) is 6. The van der Waals surface area contributed by atoms with E-state index in [2.05, 4.69) is 4.98 Å². The summed E-state index contributed by atoms with van der Waals surface area (Å²) < 4.78 is 10.8. The fourth-order valence-corrected chi connectivity index (χ4v) is 4.29. The number of fused-ring (bicyclic) bond motifs is 1. The summed E-state index contributed by atoms with van der Waals surface area (Å²) in [6.07, 6.45) is 2.37. The Morgan fingerprint density at radius 1 is 1.18 bits per heavy atom. The predicted octanol–water partition coefficient (Wildman–Crippen LogP) is 3.81. The van der Waals surface area contributed by atoms with E-state index in [4.69, 9.17) is 9.47 Å². The number of carbonyl (C=O) groups is 2. The van der Waals surface area contributed by atoms with Crippen LogP contribution in [-0.2, 0) is 16.0 Å². The number of aliphatic hydroxyl groups excluding tert-OH is 1. The molecule has 1 aliphatic heterocycles. The van der Waals surface area contributed by atoms with Crippen LogP contribution >= 0.6 is 0 Å². The molecule has 0 aliphatic carbocycles. The molecule has 0 saturated carbocycles. The minimum Gasteiger partial charge on any atom is -0.504 e. The molecule has 1 aromatic heterocycles. The minimum absolute atomic E-state index is 0.0359. The van der Waals surface area contributed by atoms with Gasteiger partial charge in [0.25, 0.3) is 5.91 Å². The number of aromatic amines is 1. The van der Waals surface area contributed by atoms with E-state index in [0.29, 0.717) is 18.6 Å². The van der Waals surface area contributed by atoms with E-state index < -0.39 is 23.5 Å². The van der Waals surface area contributed by atoms with E-state index >= 15 is 0 Å². The Morgan fingerprint density at radius 2 is 1.97 bits per heavy atom. The van der Waals surface area contributed by atoms with Gasteiger partial charge in [0.2, 0.25) is 0 Å². The van der Waals surface area contributed by atoms with Crippen LogP contribution in [0.2, 0.25) is 0 Å². The van der Waals surface area contributed by atoms with Crippen molar-refractivity contribution in [1.82, 2.24) is 9.88 Å². The fraction of sp³-hybridized carbons (Fsp3) is 0.280. The van der Waals surface area contributed by atoms with Crippen molar-refractivity contribution in [3.8, 4) is 17.2 Å². The van der Waals surface area contributed by atoms with Crippen LogP contribution in [0.25, 0.3) is 10.9 Å². The predicted molar refractivity (Wildman–Crippen MR) is 123 cm³/mol. The number of H-pyrrole nitrogens is 1. The summed E-state index contributed by atoms with van der Waals surface area (Å²) in [5.74, 6) is -0.601. The largest absolute Gasteiger partial charge is 0.504 e. The maximum atomic E-state index is 13.0. The molecular formula is C25H26N2O6. The Labute approximate surface area is 191 Å². The first kappa shape index (κ1) is 22.3. The number of ether oxygens (including phenoxy) is 2. The Bertz CT molecular complexity index is 1260. The van der Waals surface area contributed by atoms with Crippen molar-refractivity contribution in [1.29, 1.82) is 0 Å². The molecule has 33 heavy (non-hydrogen) atoms. The molecule has 1 amide bonds. The van der Waals surface area contributed by atoms with Gasteiger partial charge in [0.1, 0.15) is 5.75 Å². The topological polar surface area (TPSA) is 112 Å². The van der Waals surface area contributed by atoms with Crippen molar-refractivity contribution in [2.24, 2.45) is 0 Å². The quantitative estimate of drug-likeness (QED) is 0.481. The molecular weight excluding hydrogens is 424 g/mol. The van der Waals surface area contributed by atoms with Crippen molar-refractivity contribution in [3.05, 3.63) is 65.1 Å². The number of benzene rings is 2. The molecule has 172 valence electrons. The average Bonchev–Trinajstić information content (AvgIpc) is 3.32. The van der Waals surface area contributed by atoms with Gasteiger partial charge in [0, 0.05) is 23.6 Å². The summed E-state index contributed by atoms with van der Waals surface area (Å²) >= 11 is 0. The molecule has 0 unspecified atom stereocenters. The lowest BCUT2D eigenvalue weighted by Gasteiger charge is -2.27. The Kier molecular flexibility index (Phi) is 6.00. The zero-order valence-corrected chi connectivity index (χ0v) is 18.7. The summed E-state index contributed by atoms with van der Waals surface area (Å²) in [6.45, 7) is 3.72. The number of Topliss-reactive ketones (excluding diaryl/α,β-unsaturated/α-hetero) is 1. The van der Waals surface area contributed by atoms with Gasteiger partial charge in [-0.05, 0) is 61.7 Å². The molecule has 1 aliphatic rings. The van der Waals surface area contributed by atoms with E-state index in [0.717, 1.165) is 22.2 Å². The first-order chi connectivity index (χ1) is 15.8. The number of amides is 1. The lowest BCUT2D eigenvalue weighted by Crippen LogP contribution is -2.32. The third-order valence-electron chi connectivity index (χ3n) is 5.88. The Balaban J connectivity index is 1.69. The van der Waals surface area contributed by atoms with Gasteiger partial charge < -0.3 is 29.6 Å². The Morgan fingerprint density at radius 3 is 2.67 bits per heavy atom. The number of carbonyl (C=O) groups excluding carboxylic acids is 2. The highest BCUT2D eigenvalue weighted by Gasteiger charge is 2.42. The smallest absolute Gasteiger partial charge is 0.290 e. The van der Waals surface area contributed by atoms with Crippen molar-refractivity contribution in [2.45, 2.75) is 26.3 Å². The number of methoxy groups -OCH3 is 1. The molecule has 0 fully saturated rings. The first-order valence-electron chi connectivity index (χ1n) is 10.7. The second-order valence-corrected chi connectivity index (χ2v) is 7.86. The number of phenols is 1. The second-order valence-electron chi connectivity index (χ2n) is 7.86. The monoisotopic (exact) mass is 450 g/mol. The molecule has 0 saturated heterocycles. The van der Waals surface area contributed by atoms with Gasteiger partial charge in [-0.25, -0.2) is 0 Å². The normalized spacial score (nSPS) is 16.0. The number of nitrogens with one attached hydrogen (secondary N) is 1. The summed E-state index contributed by atoms with van der Waals surface area (Å²) in [5.41, 5.74) is 2.53. The van der Waals surface area contributed by atoms with Gasteiger partial charge in [-0.2, -0.15) is 0 Å². The van der Waals surface area contributed by atoms with Gasteiger partial charge in [-0.15, -0.1) is 0 Å². The third-order valence-corrected chi connectivity index (χ3v) is 5.88. The lowest BCUT2D eigenvalue weighted by molar-refractivity contribution is -0.129. The number of aromatic nitrogens is 1. The van der Waals surface area contributed by atoms with Crippen LogP contribution in [-0.4, -0.2) is 52.0 Å². The maximum absolute atomic E-state index is 13.0.